The van der Waals surface area contributed by atoms with Gasteiger partial charge in [0, 0.05) is 30.1 Å². The molecule has 1 saturated carbocycles. The van der Waals surface area contributed by atoms with Crippen molar-refractivity contribution in [2.75, 3.05) is 5.73 Å². The molecule has 4 rings (SSSR count). The van der Waals surface area contributed by atoms with E-state index < -0.39 is 0 Å². The van der Waals surface area contributed by atoms with Crippen LogP contribution in [0.2, 0.25) is 0 Å². The molecule has 7 heteroatoms. The molecular weight excluding hydrogens is 390 g/mol. The van der Waals surface area contributed by atoms with Crippen LogP contribution in [0, 0.1) is 6.92 Å². The number of anilines is 1. The van der Waals surface area contributed by atoms with E-state index in [9.17, 15) is 4.79 Å². The van der Waals surface area contributed by atoms with E-state index in [0.29, 0.717) is 24.5 Å². The van der Waals surface area contributed by atoms with E-state index in [1.165, 1.54) is 19.3 Å². The number of aryl methyl sites for hydroxylation is 1. The predicted molar refractivity (Wildman–Crippen MR) is 120 cm³/mol. The van der Waals surface area contributed by atoms with E-state index in [-0.39, 0.29) is 12.0 Å². The van der Waals surface area contributed by atoms with Crippen LogP contribution in [0.25, 0.3) is 0 Å². The Hall–Kier alpha value is -3.35. The number of carbonyl (C=O) groups excluding carboxylic acids is 1. The number of nitrogens with one attached hydrogen (secondary N) is 1. The second-order valence-electron chi connectivity index (χ2n) is 8.08. The zero-order valence-corrected chi connectivity index (χ0v) is 17.9. The molecule has 31 heavy (non-hydrogen) atoms. The molecule has 3 aromatic rings. The van der Waals surface area contributed by atoms with Gasteiger partial charge in [-0.3, -0.25) is 9.48 Å². The van der Waals surface area contributed by atoms with Gasteiger partial charge < -0.3 is 15.8 Å². The first-order valence-corrected chi connectivity index (χ1v) is 10.9. The van der Waals surface area contributed by atoms with Gasteiger partial charge in [0.05, 0.1) is 24.4 Å². The van der Waals surface area contributed by atoms with Gasteiger partial charge in [0.1, 0.15) is 11.6 Å². The van der Waals surface area contributed by atoms with Gasteiger partial charge in [-0.15, -0.1) is 0 Å². The van der Waals surface area contributed by atoms with Crippen molar-refractivity contribution in [2.45, 2.75) is 58.2 Å². The topological polar surface area (TPSA) is 95.1 Å². The number of carbonyl (C=O) groups is 1. The maximum absolute atomic E-state index is 12.7. The summed E-state index contributed by atoms with van der Waals surface area (Å²) in [5, 5.41) is 7.29. The first-order chi connectivity index (χ1) is 15.1. The Balaban J connectivity index is 1.42. The Morgan fingerprint density at radius 2 is 2.00 bits per heavy atom. The Bertz CT molecular complexity index is 1030. The third-order valence-electron chi connectivity index (χ3n) is 5.66. The fraction of sp³-hybridized carbons (Fsp3) is 0.375. The van der Waals surface area contributed by atoms with E-state index in [2.05, 4.69) is 15.4 Å². The van der Waals surface area contributed by atoms with Crippen molar-refractivity contribution in [1.29, 1.82) is 0 Å². The molecule has 0 unspecified atom stereocenters. The molecule has 0 saturated heterocycles. The summed E-state index contributed by atoms with van der Waals surface area (Å²) in [7, 11) is 0. The van der Waals surface area contributed by atoms with Crippen molar-refractivity contribution in [3.8, 4) is 5.75 Å². The number of pyridine rings is 1. The summed E-state index contributed by atoms with van der Waals surface area (Å²) < 4.78 is 8.03. The summed E-state index contributed by atoms with van der Waals surface area (Å²) in [5.41, 5.74) is 9.24. The number of aromatic nitrogens is 3. The molecule has 2 aromatic heterocycles. The smallest absolute Gasteiger partial charge is 0.254 e. The van der Waals surface area contributed by atoms with Crippen LogP contribution in [0.1, 0.15) is 59.3 Å². The van der Waals surface area contributed by atoms with Crippen molar-refractivity contribution < 1.29 is 9.53 Å². The van der Waals surface area contributed by atoms with E-state index in [4.69, 9.17) is 10.5 Å². The maximum Gasteiger partial charge on any atom is 0.254 e. The Labute approximate surface area is 182 Å². The molecule has 0 atom stereocenters. The van der Waals surface area contributed by atoms with Crippen molar-refractivity contribution in [3.63, 3.8) is 0 Å². The van der Waals surface area contributed by atoms with Crippen LogP contribution < -0.4 is 15.8 Å². The van der Waals surface area contributed by atoms with Crippen molar-refractivity contribution in [3.05, 3.63) is 71.2 Å². The average molecular weight is 420 g/mol. The number of nitrogen functional groups attached to an aromatic ring is 1. The third kappa shape index (κ3) is 5.42. The molecule has 0 aliphatic heterocycles. The zero-order valence-electron chi connectivity index (χ0n) is 17.9. The van der Waals surface area contributed by atoms with Gasteiger partial charge >= 0.3 is 0 Å². The highest BCUT2D eigenvalue weighted by Crippen LogP contribution is 2.28. The number of nitrogens with zero attached hydrogens (tertiary/aromatic N) is 3. The second kappa shape index (κ2) is 9.64. The number of ether oxygens (including phenoxy) is 1. The van der Waals surface area contributed by atoms with Crippen molar-refractivity contribution in [2.24, 2.45) is 0 Å². The Morgan fingerprint density at radius 1 is 1.23 bits per heavy atom. The molecule has 1 aliphatic carbocycles. The number of nitrogens with two attached hydrogens (primary N) is 1. The van der Waals surface area contributed by atoms with Gasteiger partial charge in [-0.05, 0) is 38.2 Å². The lowest BCUT2D eigenvalue weighted by molar-refractivity contribution is 0.0950. The van der Waals surface area contributed by atoms with Crippen LogP contribution >= 0.6 is 0 Å². The number of benzene rings is 1. The molecule has 0 radical (unpaired) electrons. The minimum Gasteiger partial charge on any atom is -0.490 e. The summed E-state index contributed by atoms with van der Waals surface area (Å²) in [6, 6.07) is 11.8. The fourth-order valence-electron chi connectivity index (χ4n) is 3.98. The highest BCUT2D eigenvalue weighted by atomic mass is 16.5. The highest BCUT2D eigenvalue weighted by Gasteiger charge is 2.19. The van der Waals surface area contributed by atoms with Crippen LogP contribution in [0.4, 0.5) is 5.82 Å². The summed E-state index contributed by atoms with van der Waals surface area (Å²) in [4.78, 5) is 17.1. The lowest BCUT2D eigenvalue weighted by Gasteiger charge is -2.25. The van der Waals surface area contributed by atoms with Crippen LogP contribution in [0.5, 0.6) is 5.75 Å². The summed E-state index contributed by atoms with van der Waals surface area (Å²) in [5.74, 6) is 0.969. The van der Waals surface area contributed by atoms with E-state index >= 15 is 0 Å². The van der Waals surface area contributed by atoms with Crippen molar-refractivity contribution >= 4 is 11.7 Å². The molecule has 0 bridgehead atoms. The van der Waals surface area contributed by atoms with E-state index in [0.717, 1.165) is 35.4 Å². The quantitative estimate of drug-likeness (QED) is 0.606. The lowest BCUT2D eigenvalue weighted by Crippen LogP contribution is -2.25. The minimum atomic E-state index is -0.181. The number of hydrogen-bond donors (Lipinski definition) is 2. The van der Waals surface area contributed by atoms with Crippen LogP contribution in [-0.2, 0) is 13.1 Å². The Kier molecular flexibility index (Phi) is 6.50. The molecular formula is C24H29N5O2. The van der Waals surface area contributed by atoms with Gasteiger partial charge in [-0.2, -0.15) is 5.10 Å². The first kappa shape index (κ1) is 20.9. The van der Waals surface area contributed by atoms with Gasteiger partial charge in [0.15, 0.2) is 0 Å². The van der Waals surface area contributed by atoms with Crippen LogP contribution in [0.3, 0.4) is 0 Å². The molecule has 3 N–H and O–H groups in total. The number of hydrogen-bond acceptors (Lipinski definition) is 5. The maximum atomic E-state index is 12.7. The molecule has 162 valence electrons. The highest BCUT2D eigenvalue weighted by molar-refractivity contribution is 5.93. The first-order valence-electron chi connectivity index (χ1n) is 10.9. The third-order valence-corrected chi connectivity index (χ3v) is 5.66. The Morgan fingerprint density at radius 3 is 2.77 bits per heavy atom. The summed E-state index contributed by atoms with van der Waals surface area (Å²) >= 11 is 0. The van der Waals surface area contributed by atoms with Crippen LogP contribution in [-0.4, -0.2) is 26.8 Å². The molecule has 1 fully saturated rings. The second-order valence-corrected chi connectivity index (χ2v) is 8.08. The number of amides is 1. The monoisotopic (exact) mass is 419 g/mol. The van der Waals surface area contributed by atoms with Gasteiger partial charge in [-0.25, -0.2) is 4.98 Å². The lowest BCUT2D eigenvalue weighted by atomic mass is 9.97. The normalized spacial score (nSPS) is 14.4. The van der Waals surface area contributed by atoms with Gasteiger partial charge in [0.25, 0.3) is 5.91 Å². The van der Waals surface area contributed by atoms with E-state index in [1.807, 2.05) is 37.3 Å². The van der Waals surface area contributed by atoms with Crippen LogP contribution in [0.15, 0.2) is 48.8 Å². The predicted octanol–water partition coefficient (Wildman–Crippen LogP) is 3.86. The largest absolute Gasteiger partial charge is 0.490 e. The molecule has 7 nitrogen and oxygen atoms in total. The zero-order chi connectivity index (χ0) is 21.6. The molecule has 1 aromatic carbocycles. The van der Waals surface area contributed by atoms with E-state index in [1.54, 1.807) is 23.1 Å². The summed E-state index contributed by atoms with van der Waals surface area (Å²) in [6.45, 7) is 2.84. The van der Waals surface area contributed by atoms with Gasteiger partial charge in [0.2, 0.25) is 0 Å². The SMILES string of the molecule is Cc1nc(N)cc(OC2CCCCC2)c1CNC(=O)c1cnn(Cc2ccccc2)c1. The number of rotatable bonds is 7. The summed E-state index contributed by atoms with van der Waals surface area (Å²) in [6.07, 6.45) is 9.27. The van der Waals surface area contributed by atoms with Gasteiger partial charge in [-0.1, -0.05) is 36.8 Å². The molecule has 1 aliphatic rings. The molecule has 1 amide bonds. The molecule has 2 heterocycles. The average Bonchev–Trinajstić information content (AvgIpc) is 3.23. The fourth-order valence-corrected chi connectivity index (χ4v) is 3.98. The molecule has 0 spiro atoms. The van der Waals surface area contributed by atoms with Crippen molar-refractivity contribution in [1.82, 2.24) is 20.1 Å². The minimum absolute atomic E-state index is 0.181. The standard InChI is InChI=1S/C24H29N5O2/c1-17-21(22(12-23(25)28-17)31-20-10-6-3-7-11-20)14-26-24(30)19-13-27-29(16-19)15-18-8-4-2-5-9-18/h2,4-5,8-9,12-13,16,20H,3,6-7,10-11,14-15H2,1H3,(H2,25,28)(H,26,30).